The van der Waals surface area contributed by atoms with E-state index in [2.05, 4.69) is 5.32 Å². The average molecular weight is 299 g/mol. The van der Waals surface area contributed by atoms with Gasteiger partial charge in [0.1, 0.15) is 5.82 Å². The van der Waals surface area contributed by atoms with Crippen molar-refractivity contribution in [2.45, 2.75) is 13.0 Å². The molecule has 100 valence electrons. The lowest BCUT2D eigenvalue weighted by molar-refractivity contribution is 0.629. The van der Waals surface area contributed by atoms with Crippen LogP contribution in [0.4, 0.5) is 15.8 Å². The fraction of sp³-hybridized carbons (Fsp3) is 0.143. The molecule has 1 atom stereocenters. The van der Waals surface area contributed by atoms with Crippen LogP contribution in [-0.2, 0) is 0 Å². The highest BCUT2D eigenvalue weighted by Crippen LogP contribution is 2.29. The minimum atomic E-state index is -0.524. The predicted molar refractivity (Wildman–Crippen MR) is 79.3 cm³/mol. The number of anilines is 2. The summed E-state index contributed by atoms with van der Waals surface area (Å²) in [6, 6.07) is 10.2. The van der Waals surface area contributed by atoms with E-state index in [0.29, 0.717) is 16.4 Å². The van der Waals surface area contributed by atoms with E-state index in [9.17, 15) is 4.39 Å². The third kappa shape index (κ3) is 3.31. The number of hydrogen-bond acceptors (Lipinski definition) is 2. The Bertz CT molecular complexity index is 585. The molecule has 2 nitrogen and oxygen atoms in total. The fourth-order valence-electron chi connectivity index (χ4n) is 1.76. The van der Waals surface area contributed by atoms with Gasteiger partial charge in [-0.2, -0.15) is 0 Å². The van der Waals surface area contributed by atoms with Crippen LogP contribution in [0.1, 0.15) is 18.5 Å². The van der Waals surface area contributed by atoms with E-state index in [-0.39, 0.29) is 11.1 Å². The second-order valence-electron chi connectivity index (χ2n) is 4.27. The summed E-state index contributed by atoms with van der Waals surface area (Å²) in [6.45, 7) is 1.97. The molecule has 2 rings (SSSR count). The number of nitrogens with one attached hydrogen (secondary N) is 1. The molecule has 2 aromatic carbocycles. The van der Waals surface area contributed by atoms with Gasteiger partial charge < -0.3 is 11.1 Å². The van der Waals surface area contributed by atoms with Gasteiger partial charge in [0, 0.05) is 17.1 Å². The predicted octanol–water partition coefficient (Wildman–Crippen LogP) is 4.89. The van der Waals surface area contributed by atoms with Crippen LogP contribution in [0.25, 0.3) is 0 Å². The summed E-state index contributed by atoms with van der Waals surface area (Å²) in [5.74, 6) is -0.524. The molecule has 19 heavy (non-hydrogen) atoms. The first-order valence-electron chi connectivity index (χ1n) is 5.74. The van der Waals surface area contributed by atoms with Gasteiger partial charge in [0.2, 0.25) is 0 Å². The Morgan fingerprint density at radius 2 is 1.79 bits per heavy atom. The van der Waals surface area contributed by atoms with Crippen molar-refractivity contribution in [3.63, 3.8) is 0 Å². The van der Waals surface area contributed by atoms with Crippen molar-refractivity contribution in [2.75, 3.05) is 11.1 Å². The second kappa shape index (κ2) is 5.68. The van der Waals surface area contributed by atoms with Crippen molar-refractivity contribution in [1.82, 2.24) is 0 Å². The van der Waals surface area contributed by atoms with Crippen molar-refractivity contribution in [3.05, 3.63) is 57.8 Å². The minimum Gasteiger partial charge on any atom is -0.397 e. The van der Waals surface area contributed by atoms with E-state index in [0.717, 1.165) is 5.56 Å². The lowest BCUT2D eigenvalue weighted by Crippen LogP contribution is -2.08. The topological polar surface area (TPSA) is 38.0 Å². The average Bonchev–Trinajstić information content (AvgIpc) is 2.36. The van der Waals surface area contributed by atoms with Crippen molar-refractivity contribution in [1.29, 1.82) is 0 Å². The maximum Gasteiger partial charge on any atom is 0.143 e. The summed E-state index contributed by atoms with van der Waals surface area (Å²) < 4.78 is 13.2. The van der Waals surface area contributed by atoms with E-state index in [1.807, 2.05) is 31.2 Å². The monoisotopic (exact) mass is 298 g/mol. The fourth-order valence-corrected chi connectivity index (χ4v) is 2.04. The van der Waals surface area contributed by atoms with Crippen molar-refractivity contribution >= 4 is 34.6 Å². The minimum absolute atomic E-state index is 0.00101. The molecule has 0 saturated heterocycles. The molecular weight excluding hydrogens is 286 g/mol. The van der Waals surface area contributed by atoms with E-state index in [1.54, 1.807) is 0 Å². The zero-order valence-electron chi connectivity index (χ0n) is 10.3. The highest BCUT2D eigenvalue weighted by atomic mass is 35.5. The van der Waals surface area contributed by atoms with Crippen molar-refractivity contribution in [2.24, 2.45) is 0 Å². The van der Waals surface area contributed by atoms with Gasteiger partial charge >= 0.3 is 0 Å². The number of nitrogens with two attached hydrogens (primary N) is 1. The molecule has 0 fully saturated rings. The number of halogens is 3. The van der Waals surface area contributed by atoms with Gasteiger partial charge in [-0.15, -0.1) is 0 Å². The maximum absolute atomic E-state index is 13.2. The number of benzene rings is 2. The van der Waals surface area contributed by atoms with Gasteiger partial charge in [0.05, 0.1) is 16.4 Å². The third-order valence-corrected chi connectivity index (χ3v) is 3.38. The van der Waals surface area contributed by atoms with Gasteiger partial charge in [-0.1, -0.05) is 35.3 Å². The summed E-state index contributed by atoms with van der Waals surface area (Å²) in [6.07, 6.45) is 0. The van der Waals surface area contributed by atoms with E-state index >= 15 is 0 Å². The largest absolute Gasteiger partial charge is 0.397 e. The zero-order valence-corrected chi connectivity index (χ0v) is 11.8. The summed E-state index contributed by atoms with van der Waals surface area (Å²) in [7, 11) is 0. The van der Waals surface area contributed by atoms with Crippen molar-refractivity contribution < 1.29 is 4.39 Å². The van der Waals surface area contributed by atoms with Crippen LogP contribution in [0.15, 0.2) is 36.4 Å². The molecule has 2 aromatic rings. The molecule has 0 spiro atoms. The van der Waals surface area contributed by atoms with E-state index < -0.39 is 5.82 Å². The first kappa shape index (κ1) is 14.0. The number of nitrogen functional groups attached to an aromatic ring is 1. The van der Waals surface area contributed by atoms with Gasteiger partial charge in [0.15, 0.2) is 0 Å². The molecular formula is C14H13Cl2FN2. The smallest absolute Gasteiger partial charge is 0.143 e. The SMILES string of the molecule is CC(Nc1cc(Cl)c(F)cc1N)c1ccc(Cl)cc1. The lowest BCUT2D eigenvalue weighted by atomic mass is 10.1. The summed E-state index contributed by atoms with van der Waals surface area (Å²) in [5, 5.41) is 3.92. The summed E-state index contributed by atoms with van der Waals surface area (Å²) in [4.78, 5) is 0. The molecule has 3 N–H and O–H groups in total. The molecule has 0 heterocycles. The van der Waals surface area contributed by atoms with Crippen LogP contribution in [0.2, 0.25) is 10.0 Å². The maximum atomic E-state index is 13.2. The van der Waals surface area contributed by atoms with Crippen LogP contribution in [0.5, 0.6) is 0 Å². The molecule has 0 bridgehead atoms. The second-order valence-corrected chi connectivity index (χ2v) is 5.11. The normalized spacial score (nSPS) is 12.2. The Balaban J connectivity index is 2.21. The Labute approximate surface area is 121 Å². The van der Waals surface area contributed by atoms with Crippen LogP contribution in [0, 0.1) is 5.82 Å². The molecule has 5 heteroatoms. The molecule has 0 aliphatic rings. The van der Waals surface area contributed by atoms with Crippen LogP contribution in [-0.4, -0.2) is 0 Å². The molecule has 0 aliphatic carbocycles. The van der Waals surface area contributed by atoms with Crippen LogP contribution in [0.3, 0.4) is 0 Å². The Morgan fingerprint density at radius 1 is 1.16 bits per heavy atom. The highest BCUT2D eigenvalue weighted by Gasteiger charge is 2.10. The quantitative estimate of drug-likeness (QED) is 0.792. The summed E-state index contributed by atoms with van der Waals surface area (Å²) in [5.41, 5.74) is 7.73. The molecule has 0 radical (unpaired) electrons. The van der Waals surface area contributed by atoms with E-state index in [4.69, 9.17) is 28.9 Å². The Hall–Kier alpha value is -1.45. The zero-order chi connectivity index (χ0) is 14.0. The number of hydrogen-bond donors (Lipinski definition) is 2. The number of rotatable bonds is 3. The molecule has 0 amide bonds. The van der Waals surface area contributed by atoms with Crippen molar-refractivity contribution in [3.8, 4) is 0 Å². The standard InChI is InChI=1S/C14H13Cl2FN2/c1-8(9-2-4-10(15)5-3-9)19-14-6-11(16)12(17)7-13(14)18/h2-8,19H,18H2,1H3. The molecule has 1 unspecified atom stereocenters. The first-order valence-corrected chi connectivity index (χ1v) is 6.49. The molecule has 0 aromatic heterocycles. The summed E-state index contributed by atoms with van der Waals surface area (Å²) >= 11 is 11.6. The molecule has 0 aliphatic heterocycles. The Kier molecular flexibility index (Phi) is 4.17. The highest BCUT2D eigenvalue weighted by molar-refractivity contribution is 6.31. The van der Waals surface area contributed by atoms with Gasteiger partial charge in [-0.05, 0) is 30.7 Å². The lowest BCUT2D eigenvalue weighted by Gasteiger charge is -2.17. The third-order valence-electron chi connectivity index (χ3n) is 2.83. The van der Waals surface area contributed by atoms with Crippen LogP contribution >= 0.6 is 23.2 Å². The molecule has 0 saturated carbocycles. The van der Waals surface area contributed by atoms with Crippen LogP contribution < -0.4 is 11.1 Å². The van der Waals surface area contributed by atoms with Gasteiger partial charge in [-0.3, -0.25) is 0 Å². The van der Waals surface area contributed by atoms with Gasteiger partial charge in [-0.25, -0.2) is 4.39 Å². The first-order chi connectivity index (χ1) is 8.97. The Morgan fingerprint density at radius 3 is 2.42 bits per heavy atom. The van der Waals surface area contributed by atoms with Gasteiger partial charge in [0.25, 0.3) is 0 Å². The van der Waals surface area contributed by atoms with E-state index in [1.165, 1.54) is 12.1 Å².